The van der Waals surface area contributed by atoms with Crippen molar-refractivity contribution >= 4 is 15.2 Å². The average molecular weight is 315 g/mol. The molecule has 0 aliphatic rings. The first-order chi connectivity index (χ1) is 9.43. The van der Waals surface area contributed by atoms with Crippen LogP contribution in [0.1, 0.15) is 78.6 Å². The van der Waals surface area contributed by atoms with Gasteiger partial charge in [-0.15, -0.1) is 0 Å². The Morgan fingerprint density at radius 2 is 0.800 bits per heavy atom. The molecule has 0 aromatic rings. The van der Waals surface area contributed by atoms with E-state index in [9.17, 15) is 0 Å². The minimum atomic E-state index is -0.970. The summed E-state index contributed by atoms with van der Waals surface area (Å²) in [5.41, 5.74) is 0. The van der Waals surface area contributed by atoms with Crippen LogP contribution in [0.15, 0.2) is 0 Å². The lowest BCUT2D eigenvalue weighted by molar-refractivity contribution is 0.721. The fraction of sp³-hybridized carbons (Fsp3) is 1.00. The SMILES string of the molecule is CCCCC[Si](CCCCC)(CCCCC)[Si](C)(C)C. The molecule has 2 heteroatoms. The molecule has 0 radical (unpaired) electrons. The van der Waals surface area contributed by atoms with Crippen molar-refractivity contribution in [2.75, 3.05) is 0 Å². The molecule has 0 rings (SSSR count). The second-order valence-corrected chi connectivity index (χ2v) is 24.1. The van der Waals surface area contributed by atoms with Crippen molar-refractivity contribution in [2.24, 2.45) is 0 Å². The number of hydrogen-bond acceptors (Lipinski definition) is 0. The highest BCUT2D eigenvalue weighted by atomic mass is 29.3. The minimum Gasteiger partial charge on any atom is -0.0715 e. The van der Waals surface area contributed by atoms with Gasteiger partial charge in [0, 0.05) is 15.2 Å². The van der Waals surface area contributed by atoms with Gasteiger partial charge in [0.15, 0.2) is 0 Å². The zero-order chi connectivity index (χ0) is 15.5. The van der Waals surface area contributed by atoms with E-state index < -0.39 is 15.2 Å². The molecule has 0 bridgehead atoms. The first-order valence-corrected chi connectivity index (χ1v) is 16.6. The van der Waals surface area contributed by atoms with Gasteiger partial charge in [0.05, 0.1) is 0 Å². The third-order valence-electron chi connectivity index (χ3n) is 5.37. The van der Waals surface area contributed by atoms with Crippen LogP contribution in [-0.2, 0) is 0 Å². The van der Waals surface area contributed by atoms with Gasteiger partial charge in [-0.05, 0) is 0 Å². The van der Waals surface area contributed by atoms with Crippen LogP contribution in [0.3, 0.4) is 0 Å². The Balaban J connectivity index is 4.77. The second kappa shape index (κ2) is 11.1. The maximum absolute atomic E-state index is 2.70. The molecule has 0 atom stereocenters. The van der Waals surface area contributed by atoms with E-state index in [2.05, 4.69) is 40.4 Å². The van der Waals surface area contributed by atoms with E-state index >= 15 is 0 Å². The van der Waals surface area contributed by atoms with Crippen LogP contribution in [-0.4, -0.2) is 15.2 Å². The van der Waals surface area contributed by atoms with Crippen molar-refractivity contribution < 1.29 is 0 Å². The molecule has 0 fully saturated rings. The average Bonchev–Trinajstić information content (AvgIpc) is 2.37. The summed E-state index contributed by atoms with van der Waals surface area (Å²) in [4.78, 5) is 0. The topological polar surface area (TPSA) is 0 Å². The lowest BCUT2D eigenvalue weighted by Crippen LogP contribution is -2.56. The molecule has 0 aromatic heterocycles. The Labute approximate surface area is 131 Å². The maximum Gasteiger partial charge on any atom is 0.0471 e. The highest BCUT2D eigenvalue weighted by molar-refractivity contribution is 7.41. The van der Waals surface area contributed by atoms with Crippen molar-refractivity contribution in [1.82, 2.24) is 0 Å². The summed E-state index contributed by atoms with van der Waals surface area (Å²) in [6, 6.07) is 4.97. The molecule has 0 amide bonds. The van der Waals surface area contributed by atoms with Gasteiger partial charge in [0.25, 0.3) is 0 Å². The van der Waals surface area contributed by atoms with E-state index in [0.717, 1.165) is 0 Å². The van der Waals surface area contributed by atoms with E-state index in [1.54, 1.807) is 18.1 Å². The van der Waals surface area contributed by atoms with Crippen LogP contribution < -0.4 is 0 Å². The van der Waals surface area contributed by atoms with Gasteiger partial charge in [-0.1, -0.05) is 116 Å². The highest BCUT2D eigenvalue weighted by Crippen LogP contribution is 2.36. The zero-order valence-electron chi connectivity index (χ0n) is 15.5. The fourth-order valence-electron chi connectivity index (χ4n) is 3.64. The smallest absolute Gasteiger partial charge is 0.0471 e. The Morgan fingerprint density at radius 1 is 0.500 bits per heavy atom. The first-order valence-electron chi connectivity index (χ1n) is 9.43. The summed E-state index contributed by atoms with van der Waals surface area (Å²) >= 11 is 0. The molecule has 0 N–H and O–H groups in total. The first kappa shape index (κ1) is 20.4. The second-order valence-electron chi connectivity index (χ2n) is 7.90. The van der Waals surface area contributed by atoms with Crippen molar-refractivity contribution in [3.8, 4) is 0 Å². The predicted molar refractivity (Wildman–Crippen MR) is 102 cm³/mol. The van der Waals surface area contributed by atoms with Gasteiger partial charge in [-0.2, -0.15) is 0 Å². The van der Waals surface area contributed by atoms with Gasteiger partial charge >= 0.3 is 0 Å². The Bertz CT molecular complexity index is 191. The lowest BCUT2D eigenvalue weighted by Gasteiger charge is -2.43. The molecule has 0 spiro atoms. The molecule has 0 aromatic carbocycles. The molecule has 0 saturated heterocycles. The maximum atomic E-state index is 2.70. The van der Waals surface area contributed by atoms with Crippen LogP contribution in [0.4, 0.5) is 0 Å². The standard InChI is InChI=1S/C18H42Si2/c1-7-10-13-16-20(19(4,5)6,17-14-11-8-2)18-15-12-9-3/h7-18H2,1-6H3. The molecular formula is C18H42Si2. The number of unbranched alkanes of at least 4 members (excludes halogenated alkanes) is 6. The van der Waals surface area contributed by atoms with E-state index in [1.165, 1.54) is 57.8 Å². The van der Waals surface area contributed by atoms with Crippen LogP contribution in [0.5, 0.6) is 0 Å². The molecule has 0 nitrogen and oxygen atoms in total. The number of hydrogen-bond donors (Lipinski definition) is 0. The Kier molecular flexibility index (Phi) is 11.3. The van der Waals surface area contributed by atoms with E-state index in [1.807, 2.05) is 0 Å². The van der Waals surface area contributed by atoms with Gasteiger partial charge in [-0.25, -0.2) is 0 Å². The van der Waals surface area contributed by atoms with E-state index in [0.29, 0.717) is 0 Å². The van der Waals surface area contributed by atoms with Crippen molar-refractivity contribution in [2.45, 2.75) is 116 Å². The van der Waals surface area contributed by atoms with Crippen molar-refractivity contribution in [3.05, 3.63) is 0 Å². The summed E-state index contributed by atoms with van der Waals surface area (Å²) in [7, 11) is -1.92. The zero-order valence-corrected chi connectivity index (χ0v) is 17.5. The Morgan fingerprint density at radius 3 is 1.00 bits per heavy atom. The molecular weight excluding hydrogens is 272 g/mol. The fourth-order valence-corrected chi connectivity index (χ4v) is 17.8. The minimum absolute atomic E-state index is 0.948. The normalized spacial score (nSPS) is 12.9. The van der Waals surface area contributed by atoms with Gasteiger partial charge in [0.2, 0.25) is 0 Å². The van der Waals surface area contributed by atoms with Crippen LogP contribution in [0.2, 0.25) is 37.8 Å². The summed E-state index contributed by atoms with van der Waals surface area (Å²) in [6.07, 6.45) is 13.2. The van der Waals surface area contributed by atoms with Crippen LogP contribution in [0, 0.1) is 0 Å². The Hall–Kier alpha value is 0.434. The summed E-state index contributed by atoms with van der Waals surface area (Å²) < 4.78 is 0. The van der Waals surface area contributed by atoms with Gasteiger partial charge < -0.3 is 0 Å². The molecule has 0 aliphatic carbocycles. The monoisotopic (exact) mass is 314 g/mol. The summed E-state index contributed by atoms with van der Waals surface area (Å²) in [5, 5.41) is 0. The third-order valence-corrected chi connectivity index (χ3v) is 24.3. The van der Waals surface area contributed by atoms with Gasteiger partial charge in [0.1, 0.15) is 0 Å². The van der Waals surface area contributed by atoms with Crippen molar-refractivity contribution in [3.63, 3.8) is 0 Å². The third kappa shape index (κ3) is 7.44. The van der Waals surface area contributed by atoms with Crippen molar-refractivity contribution in [1.29, 1.82) is 0 Å². The molecule has 0 saturated carbocycles. The summed E-state index contributed by atoms with van der Waals surface area (Å²) in [5.74, 6) is 0. The highest BCUT2D eigenvalue weighted by Gasteiger charge is 2.43. The lowest BCUT2D eigenvalue weighted by atomic mass is 10.3. The van der Waals surface area contributed by atoms with Crippen LogP contribution >= 0.6 is 0 Å². The van der Waals surface area contributed by atoms with E-state index in [4.69, 9.17) is 0 Å². The molecule has 122 valence electrons. The summed E-state index contributed by atoms with van der Waals surface area (Å²) in [6.45, 7) is 15.2. The molecule has 0 aliphatic heterocycles. The molecule has 0 heterocycles. The van der Waals surface area contributed by atoms with Crippen LogP contribution in [0.25, 0.3) is 0 Å². The largest absolute Gasteiger partial charge is 0.0715 e. The van der Waals surface area contributed by atoms with Gasteiger partial charge in [-0.3, -0.25) is 0 Å². The molecule has 0 unspecified atom stereocenters. The molecule has 20 heavy (non-hydrogen) atoms. The van der Waals surface area contributed by atoms with E-state index in [-0.39, 0.29) is 0 Å². The quantitative estimate of drug-likeness (QED) is 0.245. The number of rotatable bonds is 13. The predicted octanol–water partition coefficient (Wildman–Crippen LogP) is 7.42.